The van der Waals surface area contributed by atoms with Gasteiger partial charge < -0.3 is 10.5 Å². The SMILES string of the molecule is CCSc1cc(N)c(C(=O)OC)nc1-c1ccc(F)cc1. The number of carbonyl (C=O) groups excluding carboxylic acids is 1. The second-order valence-corrected chi connectivity index (χ2v) is 5.51. The van der Waals surface area contributed by atoms with E-state index in [0.29, 0.717) is 5.69 Å². The summed E-state index contributed by atoms with van der Waals surface area (Å²) >= 11 is 1.55. The van der Waals surface area contributed by atoms with Gasteiger partial charge in [0.2, 0.25) is 0 Å². The van der Waals surface area contributed by atoms with Crippen molar-refractivity contribution in [3.63, 3.8) is 0 Å². The van der Waals surface area contributed by atoms with Crippen LogP contribution in [0.25, 0.3) is 11.3 Å². The number of rotatable bonds is 4. The van der Waals surface area contributed by atoms with Gasteiger partial charge in [0.05, 0.1) is 18.5 Å². The van der Waals surface area contributed by atoms with Crippen molar-refractivity contribution < 1.29 is 13.9 Å². The third-order valence-electron chi connectivity index (χ3n) is 2.81. The molecule has 110 valence electrons. The Labute approximate surface area is 126 Å². The molecule has 1 aromatic carbocycles. The van der Waals surface area contributed by atoms with Crippen molar-refractivity contribution in [2.24, 2.45) is 0 Å². The van der Waals surface area contributed by atoms with Crippen molar-refractivity contribution in [2.45, 2.75) is 11.8 Å². The Bertz CT molecular complexity index is 659. The van der Waals surface area contributed by atoms with Crippen LogP contribution < -0.4 is 5.73 Å². The molecule has 0 bridgehead atoms. The van der Waals surface area contributed by atoms with Gasteiger partial charge in [0, 0.05) is 10.5 Å². The van der Waals surface area contributed by atoms with Crippen LogP contribution >= 0.6 is 11.8 Å². The summed E-state index contributed by atoms with van der Waals surface area (Å²) in [7, 11) is 1.27. The largest absolute Gasteiger partial charge is 0.464 e. The van der Waals surface area contributed by atoms with E-state index in [0.717, 1.165) is 16.2 Å². The van der Waals surface area contributed by atoms with Crippen molar-refractivity contribution in [2.75, 3.05) is 18.6 Å². The first-order chi connectivity index (χ1) is 10.1. The minimum Gasteiger partial charge on any atom is -0.464 e. The Balaban J connectivity index is 2.60. The molecule has 0 unspecified atom stereocenters. The van der Waals surface area contributed by atoms with Crippen LogP contribution in [0.15, 0.2) is 35.2 Å². The number of halogens is 1. The smallest absolute Gasteiger partial charge is 0.358 e. The highest BCUT2D eigenvalue weighted by Gasteiger charge is 2.17. The molecule has 0 amide bonds. The van der Waals surface area contributed by atoms with E-state index < -0.39 is 5.97 Å². The monoisotopic (exact) mass is 306 g/mol. The van der Waals surface area contributed by atoms with E-state index in [1.165, 1.54) is 19.2 Å². The number of nitrogens with zero attached hydrogens (tertiary/aromatic N) is 1. The summed E-state index contributed by atoms with van der Waals surface area (Å²) in [6, 6.07) is 7.65. The molecule has 0 aliphatic heterocycles. The molecule has 6 heteroatoms. The van der Waals surface area contributed by atoms with Crippen LogP contribution in [0.4, 0.5) is 10.1 Å². The first kappa shape index (κ1) is 15.3. The standard InChI is InChI=1S/C15H15FN2O2S/c1-3-21-12-8-11(17)14(15(19)20-2)18-13(12)9-4-6-10(16)7-5-9/h4-8H,3,17H2,1-2H3. The molecular weight excluding hydrogens is 291 g/mol. The van der Waals surface area contributed by atoms with Gasteiger partial charge in [-0.2, -0.15) is 0 Å². The summed E-state index contributed by atoms with van der Waals surface area (Å²) in [5, 5.41) is 0. The molecule has 0 atom stereocenters. The number of pyridine rings is 1. The predicted molar refractivity (Wildman–Crippen MR) is 81.8 cm³/mol. The van der Waals surface area contributed by atoms with Crippen molar-refractivity contribution >= 4 is 23.4 Å². The van der Waals surface area contributed by atoms with Crippen LogP contribution in [0.5, 0.6) is 0 Å². The summed E-state index contributed by atoms with van der Waals surface area (Å²) in [4.78, 5) is 16.9. The summed E-state index contributed by atoms with van der Waals surface area (Å²) < 4.78 is 17.7. The molecule has 2 N–H and O–H groups in total. The Kier molecular flexibility index (Phi) is 4.80. The Morgan fingerprint density at radius 3 is 2.62 bits per heavy atom. The van der Waals surface area contributed by atoms with Gasteiger partial charge in [-0.25, -0.2) is 14.2 Å². The fraction of sp³-hybridized carbons (Fsp3) is 0.200. The van der Waals surface area contributed by atoms with Crippen LogP contribution in [0.1, 0.15) is 17.4 Å². The van der Waals surface area contributed by atoms with Crippen LogP contribution in [0.3, 0.4) is 0 Å². The summed E-state index contributed by atoms with van der Waals surface area (Å²) in [5.41, 5.74) is 7.51. The van der Waals surface area contributed by atoms with Gasteiger partial charge in [0.1, 0.15) is 5.82 Å². The lowest BCUT2D eigenvalue weighted by atomic mass is 10.1. The molecule has 0 spiro atoms. The number of esters is 1. The highest BCUT2D eigenvalue weighted by molar-refractivity contribution is 7.99. The maximum atomic E-state index is 13.1. The molecule has 1 heterocycles. The fourth-order valence-corrected chi connectivity index (χ4v) is 2.67. The molecule has 0 radical (unpaired) electrons. The molecular formula is C15H15FN2O2S. The zero-order valence-electron chi connectivity index (χ0n) is 11.7. The molecule has 1 aromatic heterocycles. The normalized spacial score (nSPS) is 10.4. The third kappa shape index (κ3) is 3.33. The zero-order valence-corrected chi connectivity index (χ0v) is 12.5. The minimum absolute atomic E-state index is 0.0669. The number of anilines is 1. The molecule has 0 fully saturated rings. The Morgan fingerprint density at radius 1 is 1.38 bits per heavy atom. The molecule has 4 nitrogen and oxygen atoms in total. The van der Waals surface area contributed by atoms with E-state index >= 15 is 0 Å². The van der Waals surface area contributed by atoms with E-state index in [4.69, 9.17) is 5.73 Å². The minimum atomic E-state index is -0.594. The molecule has 0 aliphatic carbocycles. The highest BCUT2D eigenvalue weighted by atomic mass is 32.2. The number of ether oxygens (including phenoxy) is 1. The molecule has 2 aromatic rings. The number of methoxy groups -OCH3 is 1. The number of thioether (sulfide) groups is 1. The van der Waals surface area contributed by atoms with Gasteiger partial charge >= 0.3 is 5.97 Å². The van der Waals surface area contributed by atoms with Gasteiger partial charge in [-0.05, 0) is 36.1 Å². The molecule has 21 heavy (non-hydrogen) atoms. The van der Waals surface area contributed by atoms with E-state index in [2.05, 4.69) is 9.72 Å². The number of hydrogen-bond acceptors (Lipinski definition) is 5. The van der Waals surface area contributed by atoms with Gasteiger partial charge in [0.25, 0.3) is 0 Å². The van der Waals surface area contributed by atoms with Crippen LogP contribution in [-0.4, -0.2) is 23.8 Å². The topological polar surface area (TPSA) is 65.2 Å². The second kappa shape index (κ2) is 6.58. The first-order valence-corrected chi connectivity index (χ1v) is 7.33. The van der Waals surface area contributed by atoms with Gasteiger partial charge in [-0.1, -0.05) is 6.92 Å². The van der Waals surface area contributed by atoms with Crippen molar-refractivity contribution in [3.05, 3.63) is 41.8 Å². The van der Waals surface area contributed by atoms with E-state index in [1.54, 1.807) is 30.0 Å². The highest BCUT2D eigenvalue weighted by Crippen LogP contribution is 2.32. The Morgan fingerprint density at radius 2 is 2.05 bits per heavy atom. The van der Waals surface area contributed by atoms with Gasteiger partial charge in [-0.15, -0.1) is 11.8 Å². The number of nitrogen functional groups attached to an aromatic ring is 1. The van der Waals surface area contributed by atoms with Crippen LogP contribution in [0.2, 0.25) is 0 Å². The summed E-state index contributed by atoms with van der Waals surface area (Å²) in [6.07, 6.45) is 0. The fourth-order valence-electron chi connectivity index (χ4n) is 1.85. The van der Waals surface area contributed by atoms with Crippen molar-refractivity contribution in [1.29, 1.82) is 0 Å². The lowest BCUT2D eigenvalue weighted by molar-refractivity contribution is 0.0595. The number of benzene rings is 1. The third-order valence-corrected chi connectivity index (χ3v) is 3.72. The van der Waals surface area contributed by atoms with E-state index in [9.17, 15) is 9.18 Å². The molecule has 0 saturated carbocycles. The van der Waals surface area contributed by atoms with E-state index in [-0.39, 0.29) is 17.2 Å². The average Bonchev–Trinajstić information content (AvgIpc) is 2.48. The zero-order chi connectivity index (χ0) is 15.4. The number of aromatic nitrogens is 1. The average molecular weight is 306 g/mol. The van der Waals surface area contributed by atoms with Crippen molar-refractivity contribution in [3.8, 4) is 11.3 Å². The van der Waals surface area contributed by atoms with Crippen LogP contribution in [0, 0.1) is 5.82 Å². The maximum Gasteiger partial charge on any atom is 0.358 e. The quantitative estimate of drug-likeness (QED) is 0.693. The van der Waals surface area contributed by atoms with Crippen LogP contribution in [-0.2, 0) is 4.74 Å². The van der Waals surface area contributed by atoms with Gasteiger partial charge in [0.15, 0.2) is 5.69 Å². The van der Waals surface area contributed by atoms with Crippen molar-refractivity contribution in [1.82, 2.24) is 4.98 Å². The lowest BCUT2D eigenvalue weighted by Crippen LogP contribution is -2.10. The Hall–Kier alpha value is -2.08. The van der Waals surface area contributed by atoms with E-state index in [1.807, 2.05) is 6.92 Å². The summed E-state index contributed by atoms with van der Waals surface area (Å²) in [6.45, 7) is 2.00. The van der Waals surface area contributed by atoms with Gasteiger partial charge in [-0.3, -0.25) is 0 Å². The number of nitrogens with two attached hydrogens (primary N) is 1. The molecule has 0 aliphatic rings. The molecule has 2 rings (SSSR count). The second-order valence-electron chi connectivity index (χ2n) is 4.20. The lowest BCUT2D eigenvalue weighted by Gasteiger charge is -2.12. The number of carbonyl (C=O) groups is 1. The predicted octanol–water partition coefficient (Wildman–Crippen LogP) is 3.37. The first-order valence-electron chi connectivity index (χ1n) is 6.34. The summed E-state index contributed by atoms with van der Waals surface area (Å²) in [5.74, 6) is -0.0941. The number of hydrogen-bond donors (Lipinski definition) is 1. The molecule has 0 saturated heterocycles. The maximum absolute atomic E-state index is 13.1.